The predicted octanol–water partition coefficient (Wildman–Crippen LogP) is 4.63. The van der Waals surface area contributed by atoms with Crippen molar-refractivity contribution in [1.29, 1.82) is 0 Å². The Bertz CT molecular complexity index is 1440. The van der Waals surface area contributed by atoms with Crippen molar-refractivity contribution in [2.45, 2.75) is 33.2 Å². The molecular weight excluding hydrogens is 410 g/mol. The zero-order valence-electron chi connectivity index (χ0n) is 19.1. The average molecular weight is 438 g/mol. The summed E-state index contributed by atoms with van der Waals surface area (Å²) >= 11 is 0. The second kappa shape index (κ2) is 7.49. The molecule has 7 heteroatoms. The summed E-state index contributed by atoms with van der Waals surface area (Å²) in [5.41, 5.74) is 6.03. The van der Waals surface area contributed by atoms with E-state index in [9.17, 15) is 0 Å². The van der Waals surface area contributed by atoms with Gasteiger partial charge in [0, 0.05) is 47.2 Å². The van der Waals surface area contributed by atoms with Crippen LogP contribution in [0.3, 0.4) is 0 Å². The van der Waals surface area contributed by atoms with Gasteiger partial charge in [-0.25, -0.2) is 15.0 Å². The van der Waals surface area contributed by atoms with Crippen LogP contribution in [0.15, 0.2) is 49.0 Å². The van der Waals surface area contributed by atoms with Gasteiger partial charge in [-0.05, 0) is 43.0 Å². The van der Waals surface area contributed by atoms with Crippen LogP contribution in [0.2, 0.25) is 0 Å². The maximum atomic E-state index is 5.13. The molecule has 33 heavy (non-hydrogen) atoms. The minimum Gasteiger partial charge on any atom is -0.366 e. The van der Waals surface area contributed by atoms with Gasteiger partial charge in [0.05, 0.1) is 17.1 Å². The van der Waals surface area contributed by atoms with Gasteiger partial charge in [-0.2, -0.15) is 0 Å². The van der Waals surface area contributed by atoms with Gasteiger partial charge >= 0.3 is 0 Å². The van der Waals surface area contributed by atoms with Crippen LogP contribution in [0.25, 0.3) is 38.9 Å². The fraction of sp³-hybridized carbons (Fsp3) is 0.308. The molecule has 0 radical (unpaired) electrons. The number of aromatic amines is 1. The molecule has 4 aromatic rings. The SMILES string of the molecule is Cc1cc2c(-c3nc(NC4CCNCC4(C)C)c4c(C5=CC=C5)cncc4n3)ccnc2[nH]1. The number of H-pyrrole nitrogens is 1. The van der Waals surface area contributed by atoms with E-state index < -0.39 is 0 Å². The second-order valence-electron chi connectivity index (χ2n) is 9.68. The van der Waals surface area contributed by atoms with Gasteiger partial charge < -0.3 is 15.6 Å². The standard InChI is InChI=1S/C26H27N7/c1-15-11-18-17(7-10-29-23(18)30-15)24-31-20-13-28-12-19(16-5-4-6-16)22(20)25(33-24)32-21-8-9-27-14-26(21,2)3/h4-7,10-13,21,27H,8-9,14H2,1-3H3,(H,29,30)(H,31,32,33). The van der Waals surface area contributed by atoms with E-state index in [1.807, 2.05) is 37.7 Å². The quantitative estimate of drug-likeness (QED) is 0.431. The maximum absolute atomic E-state index is 5.13. The minimum absolute atomic E-state index is 0.0974. The monoisotopic (exact) mass is 437 g/mol. The Hall–Kier alpha value is -3.58. The summed E-state index contributed by atoms with van der Waals surface area (Å²) in [6, 6.07) is 4.39. The number of nitrogens with one attached hydrogen (secondary N) is 3. The number of hydrogen-bond acceptors (Lipinski definition) is 6. The third-order valence-corrected chi connectivity index (χ3v) is 6.82. The summed E-state index contributed by atoms with van der Waals surface area (Å²) in [5, 5.41) is 9.40. The number of aromatic nitrogens is 5. The number of piperidine rings is 1. The van der Waals surface area contributed by atoms with E-state index >= 15 is 0 Å². The molecular formula is C26H27N7. The van der Waals surface area contributed by atoms with Crippen LogP contribution in [0.5, 0.6) is 0 Å². The van der Waals surface area contributed by atoms with E-state index in [-0.39, 0.29) is 5.41 Å². The zero-order valence-corrected chi connectivity index (χ0v) is 19.1. The summed E-state index contributed by atoms with van der Waals surface area (Å²) in [4.78, 5) is 22.4. The number of pyridine rings is 2. The van der Waals surface area contributed by atoms with Crippen molar-refractivity contribution in [3.05, 3.63) is 60.2 Å². The van der Waals surface area contributed by atoms with Gasteiger partial charge in [-0.15, -0.1) is 0 Å². The number of fused-ring (bicyclic) bond motifs is 2. The van der Waals surface area contributed by atoms with Crippen LogP contribution in [-0.2, 0) is 0 Å². The molecule has 1 saturated heterocycles. The van der Waals surface area contributed by atoms with Crippen molar-refractivity contribution in [3.8, 4) is 11.4 Å². The Morgan fingerprint density at radius 2 is 2.03 bits per heavy atom. The Labute approximate surface area is 192 Å². The lowest BCUT2D eigenvalue weighted by atomic mass is 9.80. The van der Waals surface area contributed by atoms with Gasteiger partial charge in [-0.3, -0.25) is 4.98 Å². The minimum atomic E-state index is 0.0974. The predicted molar refractivity (Wildman–Crippen MR) is 133 cm³/mol. The molecule has 7 nitrogen and oxygen atoms in total. The molecule has 1 fully saturated rings. The molecule has 0 bridgehead atoms. The van der Waals surface area contributed by atoms with Crippen molar-refractivity contribution >= 4 is 33.3 Å². The second-order valence-corrected chi connectivity index (χ2v) is 9.68. The average Bonchev–Trinajstić information content (AvgIpc) is 3.14. The molecule has 2 aliphatic rings. The van der Waals surface area contributed by atoms with Gasteiger partial charge in [0.1, 0.15) is 11.5 Å². The first-order valence-electron chi connectivity index (χ1n) is 11.5. The zero-order chi connectivity index (χ0) is 22.6. The van der Waals surface area contributed by atoms with E-state index in [0.29, 0.717) is 11.9 Å². The number of rotatable bonds is 4. The highest BCUT2D eigenvalue weighted by Crippen LogP contribution is 2.37. The van der Waals surface area contributed by atoms with E-state index in [4.69, 9.17) is 9.97 Å². The topological polar surface area (TPSA) is 91.4 Å². The summed E-state index contributed by atoms with van der Waals surface area (Å²) in [7, 11) is 0. The van der Waals surface area contributed by atoms with Crippen LogP contribution >= 0.6 is 0 Å². The summed E-state index contributed by atoms with van der Waals surface area (Å²) in [6.07, 6.45) is 12.9. The van der Waals surface area contributed by atoms with Crippen LogP contribution in [0.1, 0.15) is 31.5 Å². The molecule has 0 saturated carbocycles. The van der Waals surface area contributed by atoms with E-state index in [0.717, 1.165) is 69.7 Å². The lowest BCUT2D eigenvalue weighted by molar-refractivity contribution is 0.236. The number of nitrogens with zero attached hydrogens (tertiary/aromatic N) is 4. The molecule has 1 aliphatic heterocycles. The summed E-state index contributed by atoms with van der Waals surface area (Å²) < 4.78 is 0. The Kier molecular flexibility index (Phi) is 4.55. The first-order chi connectivity index (χ1) is 16.0. The Balaban J connectivity index is 1.57. The fourth-order valence-corrected chi connectivity index (χ4v) is 4.86. The highest BCUT2D eigenvalue weighted by molar-refractivity contribution is 6.03. The van der Waals surface area contributed by atoms with E-state index in [1.165, 1.54) is 0 Å². The third-order valence-electron chi connectivity index (χ3n) is 6.82. The summed E-state index contributed by atoms with van der Waals surface area (Å²) in [6.45, 7) is 8.60. The molecule has 0 amide bonds. The molecule has 0 aromatic carbocycles. The van der Waals surface area contributed by atoms with Gasteiger partial charge in [0.25, 0.3) is 0 Å². The molecule has 0 spiro atoms. The molecule has 6 rings (SSSR count). The fourth-order valence-electron chi connectivity index (χ4n) is 4.86. The maximum Gasteiger partial charge on any atom is 0.163 e. The van der Waals surface area contributed by atoms with E-state index in [2.05, 4.69) is 57.7 Å². The molecule has 3 N–H and O–H groups in total. The molecule has 166 valence electrons. The first kappa shape index (κ1) is 20.1. The molecule has 5 heterocycles. The largest absolute Gasteiger partial charge is 0.366 e. The van der Waals surface area contributed by atoms with E-state index in [1.54, 1.807) is 0 Å². The molecule has 4 aromatic heterocycles. The van der Waals surface area contributed by atoms with Crippen LogP contribution in [0.4, 0.5) is 5.82 Å². The Morgan fingerprint density at radius 3 is 2.82 bits per heavy atom. The highest BCUT2D eigenvalue weighted by Gasteiger charge is 2.33. The van der Waals surface area contributed by atoms with Crippen molar-refractivity contribution in [1.82, 2.24) is 30.2 Å². The third kappa shape index (κ3) is 3.40. The number of aryl methyl sites for hydroxylation is 1. The normalized spacial score (nSPS) is 19.5. The lowest BCUT2D eigenvalue weighted by Crippen LogP contribution is -2.49. The Morgan fingerprint density at radius 1 is 1.15 bits per heavy atom. The van der Waals surface area contributed by atoms with Crippen molar-refractivity contribution < 1.29 is 0 Å². The number of hydrogen-bond donors (Lipinski definition) is 3. The van der Waals surface area contributed by atoms with Crippen molar-refractivity contribution in [2.75, 3.05) is 18.4 Å². The van der Waals surface area contributed by atoms with Gasteiger partial charge in [-0.1, -0.05) is 32.1 Å². The highest BCUT2D eigenvalue weighted by atomic mass is 15.1. The number of anilines is 1. The summed E-state index contributed by atoms with van der Waals surface area (Å²) in [5.74, 6) is 1.55. The molecule has 1 unspecified atom stereocenters. The van der Waals surface area contributed by atoms with Crippen molar-refractivity contribution in [2.24, 2.45) is 5.41 Å². The smallest absolute Gasteiger partial charge is 0.163 e. The number of allylic oxidation sites excluding steroid dienone is 4. The molecule has 1 atom stereocenters. The van der Waals surface area contributed by atoms with Gasteiger partial charge in [0.2, 0.25) is 0 Å². The first-order valence-corrected chi connectivity index (χ1v) is 11.5. The van der Waals surface area contributed by atoms with Crippen molar-refractivity contribution in [3.63, 3.8) is 0 Å². The molecule has 1 aliphatic carbocycles. The van der Waals surface area contributed by atoms with Crippen LogP contribution < -0.4 is 10.6 Å². The van der Waals surface area contributed by atoms with Gasteiger partial charge in [0.15, 0.2) is 5.82 Å². The van der Waals surface area contributed by atoms with Crippen LogP contribution in [-0.4, -0.2) is 44.1 Å². The van der Waals surface area contributed by atoms with Crippen LogP contribution in [0, 0.1) is 12.3 Å². The lowest BCUT2D eigenvalue weighted by Gasteiger charge is -2.40.